The van der Waals surface area contributed by atoms with Crippen LogP contribution in [0.15, 0.2) is 60.1 Å². The van der Waals surface area contributed by atoms with Crippen LogP contribution in [0.25, 0.3) is 10.6 Å². The molecule has 2 heterocycles. The third-order valence-corrected chi connectivity index (χ3v) is 4.09. The monoisotopic (exact) mass is 312 g/mol. The molecule has 1 amide bonds. The number of thiophene rings is 1. The molecule has 2 aromatic heterocycles. The van der Waals surface area contributed by atoms with Gasteiger partial charge in [0.2, 0.25) is 0 Å². The predicted octanol–water partition coefficient (Wildman–Crippen LogP) is 3.88. The molecule has 0 aliphatic rings. The first-order valence-electron chi connectivity index (χ1n) is 6.75. The van der Waals surface area contributed by atoms with E-state index in [2.05, 4.69) is 10.3 Å². The maximum absolute atomic E-state index is 13.5. The fraction of sp³-hybridized carbons (Fsp3) is 0.0588. The van der Waals surface area contributed by atoms with Gasteiger partial charge in [-0.05, 0) is 29.6 Å². The van der Waals surface area contributed by atoms with Crippen molar-refractivity contribution in [3.05, 3.63) is 77.1 Å². The zero-order valence-corrected chi connectivity index (χ0v) is 12.4. The second kappa shape index (κ2) is 6.49. The number of nitrogens with zero attached hydrogens (tertiary/aromatic N) is 1. The molecule has 0 atom stereocenters. The van der Waals surface area contributed by atoms with Gasteiger partial charge in [-0.2, -0.15) is 0 Å². The van der Waals surface area contributed by atoms with Gasteiger partial charge in [0.1, 0.15) is 5.82 Å². The highest BCUT2D eigenvalue weighted by molar-refractivity contribution is 7.13. The minimum atomic E-state index is -0.325. The number of hydrogen-bond acceptors (Lipinski definition) is 3. The van der Waals surface area contributed by atoms with Crippen LogP contribution in [0.1, 0.15) is 15.9 Å². The van der Waals surface area contributed by atoms with E-state index in [0.717, 1.165) is 10.6 Å². The van der Waals surface area contributed by atoms with Crippen molar-refractivity contribution in [2.45, 2.75) is 6.54 Å². The fourth-order valence-electron chi connectivity index (χ4n) is 2.02. The Kier molecular flexibility index (Phi) is 4.25. The molecule has 5 heteroatoms. The van der Waals surface area contributed by atoms with Crippen LogP contribution < -0.4 is 5.32 Å². The third-order valence-electron chi connectivity index (χ3n) is 3.20. The summed E-state index contributed by atoms with van der Waals surface area (Å²) >= 11 is 1.59. The van der Waals surface area contributed by atoms with Crippen molar-refractivity contribution in [2.24, 2.45) is 0 Å². The molecular formula is C17H13FN2OS. The molecule has 1 aromatic carbocycles. The van der Waals surface area contributed by atoms with Gasteiger partial charge in [0.15, 0.2) is 0 Å². The number of halogens is 1. The first-order chi connectivity index (χ1) is 10.7. The minimum Gasteiger partial charge on any atom is -0.348 e. The van der Waals surface area contributed by atoms with Crippen molar-refractivity contribution in [2.75, 3.05) is 0 Å². The zero-order valence-electron chi connectivity index (χ0n) is 11.6. The Labute approximate surface area is 131 Å². The predicted molar refractivity (Wildman–Crippen MR) is 85.1 cm³/mol. The van der Waals surface area contributed by atoms with Gasteiger partial charge in [0.05, 0.1) is 16.1 Å². The quantitative estimate of drug-likeness (QED) is 0.794. The van der Waals surface area contributed by atoms with Gasteiger partial charge >= 0.3 is 0 Å². The Balaban J connectivity index is 1.67. The molecule has 3 rings (SSSR count). The summed E-state index contributed by atoms with van der Waals surface area (Å²) < 4.78 is 13.5. The van der Waals surface area contributed by atoms with Crippen molar-refractivity contribution < 1.29 is 9.18 Å². The van der Waals surface area contributed by atoms with Gasteiger partial charge in [-0.1, -0.05) is 24.3 Å². The van der Waals surface area contributed by atoms with Gasteiger partial charge in [-0.3, -0.25) is 9.78 Å². The van der Waals surface area contributed by atoms with E-state index in [1.54, 1.807) is 35.6 Å². The van der Waals surface area contributed by atoms with E-state index in [1.807, 2.05) is 23.6 Å². The fourth-order valence-corrected chi connectivity index (χ4v) is 2.72. The second-order valence-corrected chi connectivity index (χ2v) is 5.63. The van der Waals surface area contributed by atoms with E-state index < -0.39 is 0 Å². The lowest BCUT2D eigenvalue weighted by molar-refractivity contribution is 0.0950. The number of hydrogen-bond donors (Lipinski definition) is 1. The molecule has 0 spiro atoms. The maximum Gasteiger partial charge on any atom is 0.253 e. The summed E-state index contributed by atoms with van der Waals surface area (Å²) in [5.41, 5.74) is 1.75. The molecule has 0 radical (unpaired) electrons. The summed E-state index contributed by atoms with van der Waals surface area (Å²) in [5, 5.41) is 4.67. The van der Waals surface area contributed by atoms with Crippen molar-refractivity contribution in [3.8, 4) is 10.6 Å². The van der Waals surface area contributed by atoms with Crippen LogP contribution in [0.2, 0.25) is 0 Å². The van der Waals surface area contributed by atoms with Crippen molar-refractivity contribution in [1.29, 1.82) is 0 Å². The number of nitrogens with one attached hydrogen (secondary N) is 1. The van der Waals surface area contributed by atoms with Crippen molar-refractivity contribution >= 4 is 17.2 Å². The standard InChI is InChI=1S/C17H13FN2OS/c18-14-5-2-1-4-12(14)10-20-17(21)13-7-8-15(19-11-13)16-6-3-9-22-16/h1-9,11H,10H2,(H,20,21). The van der Waals surface area contributed by atoms with E-state index in [-0.39, 0.29) is 18.3 Å². The molecule has 0 aliphatic carbocycles. The highest BCUT2D eigenvalue weighted by Gasteiger charge is 2.08. The minimum absolute atomic E-state index is 0.151. The van der Waals surface area contributed by atoms with E-state index in [1.165, 1.54) is 12.3 Å². The normalized spacial score (nSPS) is 10.4. The molecule has 0 saturated heterocycles. The molecule has 3 nitrogen and oxygen atoms in total. The Morgan fingerprint density at radius 3 is 2.68 bits per heavy atom. The number of carbonyl (C=O) groups is 1. The number of pyridine rings is 1. The average molecular weight is 312 g/mol. The van der Waals surface area contributed by atoms with E-state index >= 15 is 0 Å². The van der Waals surface area contributed by atoms with Crippen LogP contribution in [-0.2, 0) is 6.54 Å². The van der Waals surface area contributed by atoms with E-state index in [9.17, 15) is 9.18 Å². The van der Waals surface area contributed by atoms with Crippen molar-refractivity contribution in [3.63, 3.8) is 0 Å². The Morgan fingerprint density at radius 1 is 1.14 bits per heavy atom. The lowest BCUT2D eigenvalue weighted by Crippen LogP contribution is -2.23. The van der Waals surface area contributed by atoms with Crippen LogP contribution >= 0.6 is 11.3 Å². The van der Waals surface area contributed by atoms with Gasteiger partial charge in [-0.25, -0.2) is 4.39 Å². The summed E-state index contributed by atoms with van der Waals surface area (Å²) in [6, 6.07) is 13.8. The van der Waals surface area contributed by atoms with Gasteiger partial charge < -0.3 is 5.32 Å². The number of amides is 1. The van der Waals surface area contributed by atoms with Crippen molar-refractivity contribution in [1.82, 2.24) is 10.3 Å². The largest absolute Gasteiger partial charge is 0.348 e. The molecule has 1 N–H and O–H groups in total. The first kappa shape index (κ1) is 14.4. The molecule has 0 saturated carbocycles. The SMILES string of the molecule is O=C(NCc1ccccc1F)c1ccc(-c2cccs2)nc1. The molecule has 3 aromatic rings. The number of benzene rings is 1. The molecule has 22 heavy (non-hydrogen) atoms. The molecule has 0 aliphatic heterocycles. The van der Waals surface area contributed by atoms with E-state index in [0.29, 0.717) is 11.1 Å². The van der Waals surface area contributed by atoms with Crippen LogP contribution in [0.5, 0.6) is 0 Å². The van der Waals surface area contributed by atoms with Gasteiger partial charge in [-0.15, -0.1) is 11.3 Å². The molecule has 0 fully saturated rings. The lowest BCUT2D eigenvalue weighted by atomic mass is 10.2. The topological polar surface area (TPSA) is 42.0 Å². The summed E-state index contributed by atoms with van der Waals surface area (Å²) in [4.78, 5) is 17.4. The Morgan fingerprint density at radius 2 is 2.00 bits per heavy atom. The van der Waals surface area contributed by atoms with Crippen LogP contribution in [0.4, 0.5) is 4.39 Å². The lowest BCUT2D eigenvalue weighted by Gasteiger charge is -2.06. The summed E-state index contributed by atoms with van der Waals surface area (Å²) in [6.45, 7) is 0.151. The Hall–Kier alpha value is -2.53. The maximum atomic E-state index is 13.5. The van der Waals surface area contributed by atoms with Gasteiger partial charge in [0.25, 0.3) is 5.91 Å². The molecular weight excluding hydrogens is 299 g/mol. The zero-order chi connectivity index (χ0) is 15.4. The third kappa shape index (κ3) is 3.20. The van der Waals surface area contributed by atoms with Crippen LogP contribution in [0.3, 0.4) is 0 Å². The molecule has 0 unspecified atom stereocenters. The van der Waals surface area contributed by atoms with E-state index in [4.69, 9.17) is 0 Å². The average Bonchev–Trinajstić information content (AvgIpc) is 3.08. The summed E-state index contributed by atoms with van der Waals surface area (Å²) in [6.07, 6.45) is 1.53. The van der Waals surface area contributed by atoms with Crippen LogP contribution in [0, 0.1) is 5.82 Å². The number of carbonyl (C=O) groups excluding carboxylic acids is 1. The number of aromatic nitrogens is 1. The first-order valence-corrected chi connectivity index (χ1v) is 7.63. The molecule has 0 bridgehead atoms. The highest BCUT2D eigenvalue weighted by Crippen LogP contribution is 2.22. The Bertz CT molecular complexity index is 770. The highest BCUT2D eigenvalue weighted by atomic mass is 32.1. The smallest absolute Gasteiger partial charge is 0.253 e. The second-order valence-electron chi connectivity index (χ2n) is 4.68. The van der Waals surface area contributed by atoms with Gasteiger partial charge in [0, 0.05) is 18.3 Å². The molecule has 110 valence electrons. The summed E-state index contributed by atoms with van der Waals surface area (Å²) in [5.74, 6) is -0.595. The van der Waals surface area contributed by atoms with Crippen LogP contribution in [-0.4, -0.2) is 10.9 Å². The number of rotatable bonds is 4. The summed E-state index contributed by atoms with van der Waals surface area (Å²) in [7, 11) is 0.